The third-order valence-corrected chi connectivity index (χ3v) is 4.50. The van der Waals surface area contributed by atoms with Gasteiger partial charge in [0.25, 0.3) is 0 Å². The van der Waals surface area contributed by atoms with Crippen molar-refractivity contribution in [3.05, 3.63) is 0 Å². The van der Waals surface area contributed by atoms with Gasteiger partial charge < -0.3 is 9.64 Å². The standard InChI is InChI=1S/C14H22N2O2/c1-18-14(7-4-8-14)11-13(17)16(10-9-15)12-5-2-3-6-12/h12H,2-8,10-11H2,1H3. The molecule has 0 spiro atoms. The zero-order valence-corrected chi connectivity index (χ0v) is 11.2. The Morgan fingerprint density at radius 1 is 1.39 bits per heavy atom. The molecule has 0 aromatic rings. The van der Waals surface area contributed by atoms with Crippen molar-refractivity contribution in [3.63, 3.8) is 0 Å². The molecule has 4 heteroatoms. The molecule has 2 saturated carbocycles. The van der Waals surface area contributed by atoms with Crippen molar-refractivity contribution in [1.82, 2.24) is 4.90 Å². The number of carbonyl (C=O) groups excluding carboxylic acids is 1. The van der Waals surface area contributed by atoms with Crippen LogP contribution in [-0.4, -0.2) is 36.1 Å². The van der Waals surface area contributed by atoms with Crippen LogP contribution in [0.5, 0.6) is 0 Å². The Morgan fingerprint density at radius 3 is 2.50 bits per heavy atom. The quantitative estimate of drug-likeness (QED) is 0.703. The lowest BCUT2D eigenvalue weighted by atomic mass is 9.77. The largest absolute Gasteiger partial charge is 0.378 e. The van der Waals surface area contributed by atoms with E-state index >= 15 is 0 Å². The van der Waals surface area contributed by atoms with Gasteiger partial charge in [0.1, 0.15) is 6.54 Å². The molecule has 100 valence electrons. The molecular formula is C14H22N2O2. The molecule has 4 nitrogen and oxygen atoms in total. The maximum atomic E-state index is 12.4. The summed E-state index contributed by atoms with van der Waals surface area (Å²) in [6.07, 6.45) is 7.98. The predicted octanol–water partition coefficient (Wildman–Crippen LogP) is 2.24. The van der Waals surface area contributed by atoms with Gasteiger partial charge >= 0.3 is 0 Å². The van der Waals surface area contributed by atoms with E-state index in [4.69, 9.17) is 10.00 Å². The van der Waals surface area contributed by atoms with Crippen LogP contribution in [0.1, 0.15) is 51.4 Å². The number of rotatable bonds is 5. The molecule has 18 heavy (non-hydrogen) atoms. The maximum Gasteiger partial charge on any atom is 0.226 e. The number of amides is 1. The fourth-order valence-electron chi connectivity index (χ4n) is 3.11. The molecule has 0 unspecified atom stereocenters. The number of hydrogen-bond donors (Lipinski definition) is 0. The first kappa shape index (κ1) is 13.4. The van der Waals surface area contributed by atoms with Crippen molar-refractivity contribution in [2.24, 2.45) is 0 Å². The minimum Gasteiger partial charge on any atom is -0.378 e. The predicted molar refractivity (Wildman–Crippen MR) is 67.8 cm³/mol. The first-order chi connectivity index (χ1) is 8.71. The van der Waals surface area contributed by atoms with E-state index in [2.05, 4.69) is 6.07 Å². The van der Waals surface area contributed by atoms with Crippen LogP contribution >= 0.6 is 0 Å². The van der Waals surface area contributed by atoms with E-state index in [1.165, 1.54) is 12.8 Å². The molecule has 2 rings (SSSR count). The average Bonchev–Trinajstić information content (AvgIpc) is 2.84. The van der Waals surface area contributed by atoms with E-state index in [1.54, 1.807) is 12.0 Å². The van der Waals surface area contributed by atoms with Crippen LogP contribution in [0.15, 0.2) is 0 Å². The first-order valence-corrected chi connectivity index (χ1v) is 6.92. The van der Waals surface area contributed by atoms with Crippen molar-refractivity contribution in [1.29, 1.82) is 5.26 Å². The second kappa shape index (κ2) is 5.71. The van der Waals surface area contributed by atoms with Gasteiger partial charge in [-0.2, -0.15) is 5.26 Å². The molecule has 0 aliphatic heterocycles. The molecule has 0 heterocycles. The molecule has 2 aliphatic rings. The van der Waals surface area contributed by atoms with Crippen LogP contribution in [-0.2, 0) is 9.53 Å². The summed E-state index contributed by atoms with van der Waals surface area (Å²) in [6.45, 7) is 0.225. The van der Waals surface area contributed by atoms with Gasteiger partial charge in [-0.3, -0.25) is 4.79 Å². The summed E-state index contributed by atoms with van der Waals surface area (Å²) in [5.74, 6) is 0.102. The SMILES string of the molecule is COC1(CC(=O)N(CC#N)C2CCCC2)CCC1. The van der Waals surface area contributed by atoms with E-state index in [9.17, 15) is 4.79 Å². The van der Waals surface area contributed by atoms with Crippen LogP contribution in [0, 0.1) is 11.3 Å². The smallest absolute Gasteiger partial charge is 0.226 e. The zero-order chi connectivity index (χ0) is 13.0. The van der Waals surface area contributed by atoms with Crippen molar-refractivity contribution < 1.29 is 9.53 Å². The number of carbonyl (C=O) groups is 1. The van der Waals surface area contributed by atoms with E-state index < -0.39 is 0 Å². The Balaban J connectivity index is 1.97. The molecular weight excluding hydrogens is 228 g/mol. The Bertz CT molecular complexity index is 333. The van der Waals surface area contributed by atoms with E-state index in [1.807, 2.05) is 0 Å². The highest BCUT2D eigenvalue weighted by Crippen LogP contribution is 2.39. The maximum absolute atomic E-state index is 12.4. The van der Waals surface area contributed by atoms with Crippen molar-refractivity contribution in [3.8, 4) is 6.07 Å². The molecule has 0 aromatic carbocycles. The summed E-state index contributed by atoms with van der Waals surface area (Å²) in [5, 5.41) is 8.90. The Hall–Kier alpha value is -1.08. The van der Waals surface area contributed by atoms with Crippen LogP contribution in [0.25, 0.3) is 0 Å². The van der Waals surface area contributed by atoms with Crippen LogP contribution in [0.4, 0.5) is 0 Å². The molecule has 0 saturated heterocycles. The molecule has 0 N–H and O–H groups in total. The zero-order valence-electron chi connectivity index (χ0n) is 11.2. The highest BCUT2D eigenvalue weighted by Gasteiger charge is 2.41. The summed E-state index contributed by atoms with van der Waals surface area (Å²) >= 11 is 0. The molecule has 1 amide bonds. The van der Waals surface area contributed by atoms with Gasteiger partial charge in [0.2, 0.25) is 5.91 Å². The van der Waals surface area contributed by atoms with E-state index in [0.29, 0.717) is 6.42 Å². The number of hydrogen-bond acceptors (Lipinski definition) is 3. The summed E-state index contributed by atoms with van der Waals surface area (Å²) < 4.78 is 5.50. The van der Waals surface area contributed by atoms with Gasteiger partial charge in [-0.25, -0.2) is 0 Å². The topological polar surface area (TPSA) is 53.3 Å². The van der Waals surface area contributed by atoms with Gasteiger partial charge in [0.05, 0.1) is 18.1 Å². The van der Waals surface area contributed by atoms with E-state index in [-0.39, 0.29) is 24.1 Å². The Morgan fingerprint density at radius 2 is 2.06 bits per heavy atom. The van der Waals surface area contributed by atoms with Gasteiger partial charge in [-0.1, -0.05) is 12.8 Å². The molecule has 0 bridgehead atoms. The van der Waals surface area contributed by atoms with Gasteiger partial charge in [0.15, 0.2) is 0 Å². The highest BCUT2D eigenvalue weighted by atomic mass is 16.5. The van der Waals surface area contributed by atoms with Gasteiger partial charge in [-0.05, 0) is 32.1 Å². The third-order valence-electron chi connectivity index (χ3n) is 4.50. The summed E-state index contributed by atoms with van der Waals surface area (Å²) in [4.78, 5) is 14.2. The minimum absolute atomic E-state index is 0.102. The first-order valence-electron chi connectivity index (χ1n) is 6.92. The molecule has 0 aromatic heterocycles. The average molecular weight is 250 g/mol. The summed E-state index contributed by atoms with van der Waals surface area (Å²) in [7, 11) is 1.69. The lowest BCUT2D eigenvalue weighted by Gasteiger charge is -2.41. The van der Waals surface area contributed by atoms with Gasteiger partial charge in [0, 0.05) is 13.2 Å². The van der Waals surface area contributed by atoms with E-state index in [0.717, 1.165) is 32.1 Å². The normalized spacial score (nSPS) is 22.2. The molecule has 0 radical (unpaired) electrons. The van der Waals surface area contributed by atoms with Crippen molar-refractivity contribution in [2.75, 3.05) is 13.7 Å². The Kier molecular flexibility index (Phi) is 4.23. The molecule has 2 fully saturated rings. The number of ether oxygens (including phenoxy) is 1. The third kappa shape index (κ3) is 2.67. The summed E-state index contributed by atoms with van der Waals surface area (Å²) in [6, 6.07) is 2.41. The fraction of sp³-hybridized carbons (Fsp3) is 0.857. The highest BCUT2D eigenvalue weighted by molar-refractivity contribution is 5.78. The van der Waals surface area contributed by atoms with Gasteiger partial charge in [-0.15, -0.1) is 0 Å². The van der Waals surface area contributed by atoms with Crippen molar-refractivity contribution in [2.45, 2.75) is 63.0 Å². The van der Waals surface area contributed by atoms with Crippen LogP contribution < -0.4 is 0 Å². The number of nitriles is 1. The Labute approximate surface area is 109 Å². The second-order valence-corrected chi connectivity index (χ2v) is 5.54. The summed E-state index contributed by atoms with van der Waals surface area (Å²) in [5.41, 5.74) is -0.233. The monoisotopic (exact) mass is 250 g/mol. The lowest BCUT2D eigenvalue weighted by molar-refractivity contribution is -0.145. The minimum atomic E-state index is -0.233. The molecule has 2 aliphatic carbocycles. The number of nitrogens with zero attached hydrogens (tertiary/aromatic N) is 2. The number of methoxy groups -OCH3 is 1. The van der Waals surface area contributed by atoms with Crippen molar-refractivity contribution >= 4 is 5.91 Å². The van der Waals surface area contributed by atoms with Crippen LogP contribution in [0.3, 0.4) is 0 Å². The fourth-order valence-corrected chi connectivity index (χ4v) is 3.11. The van der Waals surface area contributed by atoms with Crippen LogP contribution in [0.2, 0.25) is 0 Å². The lowest BCUT2D eigenvalue weighted by Crippen LogP contribution is -2.47. The second-order valence-electron chi connectivity index (χ2n) is 5.54. The molecule has 0 atom stereocenters.